The Morgan fingerprint density at radius 3 is 2.18 bits per heavy atom. The van der Waals surface area contributed by atoms with Gasteiger partial charge in [0.25, 0.3) is 0 Å². The van der Waals surface area contributed by atoms with Crippen molar-refractivity contribution in [1.29, 1.82) is 5.26 Å². The Balaban J connectivity index is 0.861. The molecule has 2 aliphatic heterocycles. The van der Waals surface area contributed by atoms with Crippen molar-refractivity contribution in [3.05, 3.63) is 99.6 Å². The van der Waals surface area contributed by atoms with E-state index >= 15 is 0 Å². The summed E-state index contributed by atoms with van der Waals surface area (Å²) in [6.07, 6.45) is -1.95. The molecule has 1 aromatic heterocycles. The van der Waals surface area contributed by atoms with Gasteiger partial charge in [0.1, 0.15) is 54.6 Å². The van der Waals surface area contributed by atoms with Crippen LogP contribution in [-0.2, 0) is 14.4 Å². The number of benzene rings is 3. The molecule has 1 saturated carbocycles. The third-order valence-electron chi connectivity index (χ3n) is 14.7. The van der Waals surface area contributed by atoms with E-state index in [4.69, 9.17) is 21.1 Å². The molecule has 0 spiro atoms. The first-order valence-corrected chi connectivity index (χ1v) is 26.0. The number of rotatable bonds is 18. The molecule has 3 fully saturated rings. The molecule has 3 aromatic carbocycles. The second-order valence-corrected chi connectivity index (χ2v) is 23.0. The van der Waals surface area contributed by atoms with E-state index in [-0.39, 0.29) is 47.9 Å². The number of amides is 3. The number of hydrogen-bond donors (Lipinski definition) is 6. The minimum Gasteiger partial charge on any atom is -0.492 e. The molecule has 0 radical (unpaired) electrons. The zero-order valence-electron chi connectivity index (χ0n) is 42.8. The lowest BCUT2D eigenvalue weighted by Gasteiger charge is -2.63. The number of β-amino-alcohol motifs (C(OH)–C–C–N with tert-alkyl or cyclic N) is 1. The maximum atomic E-state index is 14.4. The predicted octanol–water partition coefficient (Wildman–Crippen LogP) is 5.83. The fourth-order valence-corrected chi connectivity index (χ4v) is 11.9. The van der Waals surface area contributed by atoms with Gasteiger partial charge in [-0.05, 0) is 60.2 Å². The van der Waals surface area contributed by atoms with Crippen LogP contribution in [0.15, 0.2) is 72.2 Å². The molecule has 0 bridgehead atoms. The van der Waals surface area contributed by atoms with E-state index in [1.807, 2.05) is 93.6 Å². The molecule has 7 rings (SSSR count). The van der Waals surface area contributed by atoms with Crippen molar-refractivity contribution in [3.63, 3.8) is 0 Å². The molecule has 2 saturated heterocycles. The van der Waals surface area contributed by atoms with E-state index < -0.39 is 54.3 Å². The van der Waals surface area contributed by atoms with Gasteiger partial charge in [0, 0.05) is 68.6 Å². The van der Waals surface area contributed by atoms with Crippen molar-refractivity contribution in [2.24, 2.45) is 16.2 Å². The highest BCUT2D eigenvalue weighted by Crippen LogP contribution is 2.56. The van der Waals surface area contributed by atoms with Gasteiger partial charge >= 0.3 is 0 Å². The Morgan fingerprint density at radius 2 is 1.60 bits per heavy atom. The number of aromatic nitrogens is 1. The first kappa shape index (κ1) is 54.6. The van der Waals surface area contributed by atoms with Crippen LogP contribution in [0.2, 0.25) is 5.02 Å². The van der Waals surface area contributed by atoms with E-state index in [2.05, 4.69) is 59.6 Å². The number of carbonyl (C=O) groups is 3. The quantitative estimate of drug-likeness (QED) is 0.0649. The van der Waals surface area contributed by atoms with Gasteiger partial charge in [-0.15, -0.1) is 11.3 Å². The van der Waals surface area contributed by atoms with Crippen molar-refractivity contribution in [2.75, 3.05) is 52.5 Å². The smallest absolute Gasteiger partial charge is 0.246 e. The van der Waals surface area contributed by atoms with Crippen LogP contribution in [0.25, 0.3) is 10.4 Å². The molecule has 6 atom stereocenters. The van der Waals surface area contributed by atoms with Crippen LogP contribution in [0.1, 0.15) is 96.5 Å². The highest BCUT2D eigenvalue weighted by atomic mass is 35.5. The van der Waals surface area contributed by atoms with E-state index in [0.29, 0.717) is 67.0 Å². The summed E-state index contributed by atoms with van der Waals surface area (Å²) in [7, 11) is 0. The van der Waals surface area contributed by atoms with E-state index in [9.17, 15) is 35.0 Å². The second kappa shape index (κ2) is 22.5. The summed E-state index contributed by atoms with van der Waals surface area (Å²) in [6.45, 7) is 20.6. The van der Waals surface area contributed by atoms with Crippen molar-refractivity contribution in [1.82, 2.24) is 35.6 Å². The Bertz CT molecular complexity index is 2560. The van der Waals surface area contributed by atoms with Gasteiger partial charge in [0.05, 0.1) is 45.4 Å². The lowest BCUT2D eigenvalue weighted by atomic mass is 9.49. The fourth-order valence-electron chi connectivity index (χ4n) is 10.9. The summed E-state index contributed by atoms with van der Waals surface area (Å²) in [4.78, 5) is 53.1. The average molecular weight is 1030 g/mol. The summed E-state index contributed by atoms with van der Waals surface area (Å²) in [5.74, 6) is -0.0892. The summed E-state index contributed by atoms with van der Waals surface area (Å²) < 4.78 is 12.5. The standard InChI is InChI=1S/C54H71ClN8O8S/c1-32(34-10-12-35(13-11-34)44-33(2)57-31-72-44)58-47(67)42-26-38(65)29-63(42)49(69)45(52(3,4)5)59-48(68)43(30-64)62-22-20-61(21-23-62)24-25-70-39-17-14-36(15-18-39)46(66)60-50-53(6,7)51(54(50,8)9)71-40-19-16-37(28-56)41(55)27-40/h10-19,27,31-32,38,42-43,45-46,50-51,60,64-66H,20-26,29-30H2,1-9H3,(H,58,67)(H,59,68)/t32-,38+,42-,43-,45+,46?,50-,51-/m0/s1. The molecule has 16 nitrogen and oxygen atoms in total. The molecular weight excluding hydrogens is 956 g/mol. The number of carbonyl (C=O) groups excluding carboxylic acids is 3. The molecule has 3 amide bonds. The molecule has 3 aliphatic rings. The molecular formula is C54H71ClN8O8S. The number of nitriles is 1. The minimum atomic E-state index is -1.04. The first-order chi connectivity index (χ1) is 34.0. The number of halogens is 1. The zero-order chi connectivity index (χ0) is 52.3. The highest BCUT2D eigenvalue weighted by molar-refractivity contribution is 7.13. The number of thiazole rings is 1. The fraction of sp³-hybridized carbons (Fsp3) is 0.537. The third kappa shape index (κ3) is 12.1. The monoisotopic (exact) mass is 1030 g/mol. The van der Waals surface area contributed by atoms with E-state index in [0.717, 1.165) is 21.7 Å². The summed E-state index contributed by atoms with van der Waals surface area (Å²) in [6, 6.07) is 19.1. The van der Waals surface area contributed by atoms with Crippen molar-refractivity contribution in [3.8, 4) is 28.0 Å². The Kier molecular flexibility index (Phi) is 17.1. The Hall–Kier alpha value is -5.16. The summed E-state index contributed by atoms with van der Waals surface area (Å²) in [5, 5.41) is 51.5. The molecule has 3 heterocycles. The highest BCUT2D eigenvalue weighted by Gasteiger charge is 2.64. The number of aliphatic hydroxyl groups excluding tert-OH is 3. The number of hydrogen-bond acceptors (Lipinski definition) is 14. The molecule has 1 unspecified atom stereocenters. The van der Waals surface area contributed by atoms with Crippen LogP contribution >= 0.6 is 22.9 Å². The normalized spacial score (nSPS) is 22.7. The van der Waals surface area contributed by atoms with Gasteiger partial charge in [-0.3, -0.25) is 29.5 Å². The number of piperazine rings is 1. The Labute approximate surface area is 432 Å². The molecule has 18 heteroatoms. The van der Waals surface area contributed by atoms with Gasteiger partial charge < -0.3 is 40.3 Å². The second-order valence-electron chi connectivity index (χ2n) is 21.7. The summed E-state index contributed by atoms with van der Waals surface area (Å²) in [5.41, 5.74) is 4.33. The van der Waals surface area contributed by atoms with Gasteiger partial charge in [-0.1, -0.05) is 96.5 Å². The summed E-state index contributed by atoms with van der Waals surface area (Å²) >= 11 is 7.83. The third-order valence-corrected chi connectivity index (χ3v) is 16.0. The molecule has 1 aliphatic carbocycles. The van der Waals surface area contributed by atoms with Crippen LogP contribution in [0.4, 0.5) is 0 Å². The predicted molar refractivity (Wildman–Crippen MR) is 277 cm³/mol. The van der Waals surface area contributed by atoms with Crippen molar-refractivity contribution >= 4 is 40.7 Å². The van der Waals surface area contributed by atoms with Crippen LogP contribution in [0, 0.1) is 34.5 Å². The number of nitrogens with one attached hydrogen (secondary N) is 3. The first-order valence-electron chi connectivity index (χ1n) is 24.7. The lowest BCUT2D eigenvalue weighted by molar-refractivity contribution is -0.179. The number of aliphatic hydroxyl groups is 3. The maximum Gasteiger partial charge on any atom is 0.246 e. The Morgan fingerprint density at radius 1 is 0.958 bits per heavy atom. The molecule has 388 valence electrons. The van der Waals surface area contributed by atoms with Crippen LogP contribution in [0.3, 0.4) is 0 Å². The largest absolute Gasteiger partial charge is 0.492 e. The van der Waals surface area contributed by atoms with E-state index in [1.165, 1.54) is 4.90 Å². The molecule has 6 N–H and O–H groups in total. The number of likely N-dealkylation sites (tertiary alicyclic amines) is 1. The average Bonchev–Trinajstić information content (AvgIpc) is 3.96. The lowest BCUT2D eigenvalue weighted by Crippen LogP contribution is -2.74. The number of ether oxygens (including phenoxy) is 2. The van der Waals surface area contributed by atoms with Gasteiger partial charge in [-0.25, -0.2) is 4.98 Å². The number of aryl methyl sites for hydroxylation is 1. The van der Waals surface area contributed by atoms with Gasteiger partial charge in [-0.2, -0.15) is 5.26 Å². The van der Waals surface area contributed by atoms with Gasteiger partial charge in [0.2, 0.25) is 17.7 Å². The maximum absolute atomic E-state index is 14.4. The van der Waals surface area contributed by atoms with Crippen molar-refractivity contribution < 1.29 is 39.2 Å². The molecule has 72 heavy (non-hydrogen) atoms. The van der Waals surface area contributed by atoms with Crippen LogP contribution in [0.5, 0.6) is 11.5 Å². The molecule has 4 aromatic rings. The van der Waals surface area contributed by atoms with Crippen molar-refractivity contribution in [2.45, 2.75) is 117 Å². The minimum absolute atomic E-state index is 0.0480. The number of nitrogens with zero attached hydrogens (tertiary/aromatic N) is 5. The SMILES string of the molecule is Cc1ncsc1-c1ccc([C@H](C)NC(=O)[C@@H]2C[C@@H](O)CN2C(=O)[C@@H](NC(=O)[C@H](CO)N2CCN(CCOc3ccc(C(O)N[C@H]4C(C)(C)[C@H](Oc5ccc(C#N)c(Cl)c5)C4(C)C)cc3)CC2)C(C)(C)C)cc1. The zero-order valence-corrected chi connectivity index (χ0v) is 44.4. The van der Waals surface area contributed by atoms with Crippen LogP contribution in [-0.4, -0.2) is 142 Å². The topological polar surface area (TPSA) is 213 Å². The van der Waals surface area contributed by atoms with E-state index in [1.54, 1.807) is 29.5 Å². The van der Waals surface area contributed by atoms with Gasteiger partial charge in [0.15, 0.2) is 0 Å². The van der Waals surface area contributed by atoms with Crippen LogP contribution < -0.4 is 25.4 Å².